The molecule has 0 aromatic heterocycles. The Hall–Kier alpha value is -3.11. The number of hydrogen-bond acceptors (Lipinski definition) is 5. The number of amides is 1. The number of rotatable bonds is 12. The maximum Gasteiger partial charge on any atom is 0.304 e. The predicted molar refractivity (Wildman–Crippen MR) is 175 cm³/mol. The summed E-state index contributed by atoms with van der Waals surface area (Å²) in [4.78, 5) is 28.7. The molecule has 3 aromatic rings. The molecule has 0 bridgehead atoms. The van der Waals surface area contributed by atoms with Gasteiger partial charge in [0.2, 0.25) is 15.9 Å². The molecule has 11 heteroatoms. The highest BCUT2D eigenvalue weighted by molar-refractivity contribution is 7.88. The summed E-state index contributed by atoms with van der Waals surface area (Å²) < 4.78 is 33.4. The number of carbonyl (C=O) groups is 2. The lowest BCUT2D eigenvalue weighted by Gasteiger charge is -2.52. The largest absolute Gasteiger partial charge is 0.497 e. The Morgan fingerprint density at radius 3 is 2.33 bits per heavy atom. The number of aliphatic carboxylic acids is 1. The quantitative estimate of drug-likeness (QED) is 0.227. The van der Waals surface area contributed by atoms with E-state index in [1.54, 1.807) is 44.4 Å². The second-order valence-electron chi connectivity index (χ2n) is 12.5. The number of carbonyl (C=O) groups excluding carboxylic acids is 1. The van der Waals surface area contributed by atoms with Crippen molar-refractivity contribution in [3.05, 3.63) is 99.5 Å². The monoisotopic (exact) mass is 672 g/mol. The van der Waals surface area contributed by atoms with E-state index >= 15 is 0 Å². The standard InChI is InChI=1S/C34H38Cl2N2O6S/c1-34(19-31(39)40)18-29(25-7-5-8-27(36)17-25)32(24-12-14-26(35)15-13-24)38(33(34)41)30(23-10-11-23)21-37(45(3,42)43)20-22-6-4-9-28(16-22)44-2/h4-9,12-17,23,29-30,32H,10-11,18-21H2,1-3H3,(H,39,40)/t29-,30-,32?,34-/m1/s1. The van der Waals surface area contributed by atoms with Gasteiger partial charge in [-0.3, -0.25) is 9.59 Å². The number of benzene rings is 3. The van der Waals surface area contributed by atoms with Crippen molar-refractivity contribution in [3.63, 3.8) is 0 Å². The van der Waals surface area contributed by atoms with E-state index in [-0.39, 0.29) is 43.7 Å². The molecule has 45 heavy (non-hydrogen) atoms. The van der Waals surface area contributed by atoms with Crippen LogP contribution in [-0.4, -0.2) is 60.6 Å². The number of carboxylic acids is 1. The first-order valence-electron chi connectivity index (χ1n) is 14.9. The zero-order valence-electron chi connectivity index (χ0n) is 25.5. The van der Waals surface area contributed by atoms with Crippen LogP contribution >= 0.6 is 23.2 Å². The van der Waals surface area contributed by atoms with Gasteiger partial charge in [-0.25, -0.2) is 8.42 Å². The van der Waals surface area contributed by atoms with E-state index < -0.39 is 33.5 Å². The maximum absolute atomic E-state index is 14.7. The van der Waals surface area contributed by atoms with Crippen molar-refractivity contribution in [1.82, 2.24) is 9.21 Å². The fourth-order valence-electron chi connectivity index (χ4n) is 6.69. The second-order valence-corrected chi connectivity index (χ2v) is 15.4. The molecule has 1 saturated carbocycles. The van der Waals surface area contributed by atoms with E-state index in [4.69, 9.17) is 27.9 Å². The number of hydrogen-bond donors (Lipinski definition) is 1. The van der Waals surface area contributed by atoms with Crippen LogP contribution in [0.3, 0.4) is 0 Å². The lowest BCUT2D eigenvalue weighted by molar-refractivity contribution is -0.161. The molecular weight excluding hydrogens is 635 g/mol. The number of sulfonamides is 1. The van der Waals surface area contributed by atoms with Crippen LogP contribution in [0.1, 0.15) is 61.3 Å². The molecule has 5 rings (SSSR count). The minimum Gasteiger partial charge on any atom is -0.497 e. The summed E-state index contributed by atoms with van der Waals surface area (Å²) in [5.74, 6) is -1.03. The zero-order chi connectivity index (χ0) is 32.5. The van der Waals surface area contributed by atoms with Crippen LogP contribution in [0, 0.1) is 11.3 Å². The first-order valence-corrected chi connectivity index (χ1v) is 17.5. The van der Waals surface area contributed by atoms with Gasteiger partial charge in [-0.05, 0) is 78.3 Å². The molecule has 1 saturated heterocycles. The fraction of sp³-hybridized carbons (Fsp3) is 0.412. The van der Waals surface area contributed by atoms with Crippen LogP contribution in [0.15, 0.2) is 72.8 Å². The summed E-state index contributed by atoms with van der Waals surface area (Å²) in [5, 5.41) is 11.0. The van der Waals surface area contributed by atoms with Crippen molar-refractivity contribution in [3.8, 4) is 5.75 Å². The SMILES string of the molecule is COc1cccc(CN(C[C@H](C2CC2)N2C(=O)[C@@](C)(CC(=O)O)C[C@H](c3cccc(Cl)c3)C2c2ccc(Cl)cc2)S(C)(=O)=O)c1. The molecule has 0 radical (unpaired) electrons. The molecule has 1 aliphatic carbocycles. The van der Waals surface area contributed by atoms with Crippen LogP contribution in [0.25, 0.3) is 0 Å². The van der Waals surface area contributed by atoms with Crippen molar-refractivity contribution in [2.45, 2.75) is 57.2 Å². The molecule has 1 amide bonds. The van der Waals surface area contributed by atoms with E-state index in [2.05, 4.69) is 0 Å². The van der Waals surface area contributed by atoms with Crippen LogP contribution in [0.2, 0.25) is 10.0 Å². The highest BCUT2D eigenvalue weighted by atomic mass is 35.5. The molecule has 1 N–H and O–H groups in total. The number of ether oxygens (including phenoxy) is 1. The van der Waals surface area contributed by atoms with Gasteiger partial charge in [-0.2, -0.15) is 4.31 Å². The fourth-order valence-corrected chi connectivity index (χ4v) is 7.82. The minimum absolute atomic E-state index is 0.0468. The van der Waals surface area contributed by atoms with E-state index in [0.717, 1.165) is 29.5 Å². The van der Waals surface area contributed by atoms with Crippen molar-refractivity contribution < 1.29 is 27.9 Å². The maximum atomic E-state index is 14.7. The van der Waals surface area contributed by atoms with Crippen LogP contribution in [0.5, 0.6) is 5.75 Å². The average Bonchev–Trinajstić information content (AvgIpc) is 3.82. The van der Waals surface area contributed by atoms with Crippen molar-refractivity contribution in [2.24, 2.45) is 11.3 Å². The Morgan fingerprint density at radius 2 is 1.73 bits per heavy atom. The first-order chi connectivity index (χ1) is 21.3. The van der Waals surface area contributed by atoms with Gasteiger partial charge in [0.05, 0.1) is 31.2 Å². The van der Waals surface area contributed by atoms with E-state index in [1.165, 1.54) is 10.6 Å². The summed E-state index contributed by atoms with van der Waals surface area (Å²) in [5.41, 5.74) is 1.22. The van der Waals surface area contributed by atoms with Gasteiger partial charge < -0.3 is 14.7 Å². The van der Waals surface area contributed by atoms with Crippen molar-refractivity contribution in [1.29, 1.82) is 0 Å². The van der Waals surface area contributed by atoms with Gasteiger partial charge in [0.1, 0.15) is 5.75 Å². The third-order valence-corrected chi connectivity index (χ3v) is 10.7. The van der Waals surface area contributed by atoms with Crippen LogP contribution in [0.4, 0.5) is 0 Å². The first kappa shape index (κ1) is 33.3. The van der Waals surface area contributed by atoms with Gasteiger partial charge in [-0.1, -0.05) is 66.5 Å². The summed E-state index contributed by atoms with van der Waals surface area (Å²) in [6.45, 7) is 1.86. The number of piperidine rings is 1. The minimum atomic E-state index is -3.72. The van der Waals surface area contributed by atoms with Gasteiger partial charge in [0.15, 0.2) is 0 Å². The molecule has 3 aromatic carbocycles. The lowest BCUT2D eigenvalue weighted by Crippen LogP contribution is -2.59. The summed E-state index contributed by atoms with van der Waals surface area (Å²) in [6.07, 6.45) is 2.75. The third-order valence-electron chi connectivity index (χ3n) is 9.01. The summed E-state index contributed by atoms with van der Waals surface area (Å²) in [7, 11) is -2.17. The third kappa shape index (κ3) is 7.65. The smallest absolute Gasteiger partial charge is 0.304 e. The van der Waals surface area contributed by atoms with Gasteiger partial charge in [-0.15, -0.1) is 0 Å². The molecule has 0 spiro atoms. The number of halogens is 2. The molecular formula is C34H38Cl2N2O6S. The number of likely N-dealkylation sites (tertiary alicyclic amines) is 1. The van der Waals surface area contributed by atoms with Crippen LogP contribution < -0.4 is 4.74 Å². The highest BCUT2D eigenvalue weighted by Crippen LogP contribution is 2.54. The Morgan fingerprint density at radius 1 is 1.04 bits per heavy atom. The Kier molecular flexibility index (Phi) is 9.84. The van der Waals surface area contributed by atoms with Gasteiger partial charge in [0.25, 0.3) is 0 Å². The normalized spacial score (nSPS) is 22.8. The molecule has 1 heterocycles. The zero-order valence-corrected chi connectivity index (χ0v) is 27.9. The summed E-state index contributed by atoms with van der Waals surface area (Å²) in [6, 6.07) is 21.0. The second kappa shape index (κ2) is 13.3. The molecule has 4 atom stereocenters. The van der Waals surface area contributed by atoms with E-state index in [9.17, 15) is 23.1 Å². The Balaban J connectivity index is 1.65. The predicted octanol–water partition coefficient (Wildman–Crippen LogP) is 6.78. The molecule has 8 nitrogen and oxygen atoms in total. The van der Waals surface area contributed by atoms with Crippen LogP contribution in [-0.2, 0) is 26.2 Å². The van der Waals surface area contributed by atoms with Gasteiger partial charge >= 0.3 is 5.97 Å². The Bertz CT molecular complexity index is 1660. The van der Waals surface area contributed by atoms with E-state index in [0.29, 0.717) is 15.8 Å². The van der Waals surface area contributed by atoms with Crippen molar-refractivity contribution >= 4 is 45.1 Å². The van der Waals surface area contributed by atoms with Crippen molar-refractivity contribution in [2.75, 3.05) is 19.9 Å². The molecule has 2 aliphatic rings. The molecule has 2 fully saturated rings. The number of methoxy groups -OCH3 is 1. The lowest BCUT2D eigenvalue weighted by atomic mass is 9.67. The molecule has 1 aliphatic heterocycles. The average molecular weight is 674 g/mol. The topological polar surface area (TPSA) is 104 Å². The van der Waals surface area contributed by atoms with Gasteiger partial charge in [0, 0.05) is 35.1 Å². The Labute approximate surface area is 274 Å². The molecule has 240 valence electrons. The highest BCUT2D eigenvalue weighted by Gasteiger charge is 2.55. The molecule has 1 unspecified atom stereocenters. The number of carboxylic acid groups (broad SMARTS) is 1. The number of nitrogens with zero attached hydrogens (tertiary/aromatic N) is 2. The van der Waals surface area contributed by atoms with E-state index in [1.807, 2.05) is 47.4 Å². The summed E-state index contributed by atoms with van der Waals surface area (Å²) >= 11 is 12.8.